The molecule has 4 heteroatoms. The summed E-state index contributed by atoms with van der Waals surface area (Å²) in [6.07, 6.45) is 12.6. The Morgan fingerprint density at radius 3 is 1.12 bits per heavy atom. The summed E-state index contributed by atoms with van der Waals surface area (Å²) in [5.74, 6) is 0. The van der Waals surface area contributed by atoms with Gasteiger partial charge in [-0.3, -0.25) is 0 Å². The van der Waals surface area contributed by atoms with Crippen LogP contribution in [0.3, 0.4) is 0 Å². The quantitative estimate of drug-likeness (QED) is 0.209. The van der Waals surface area contributed by atoms with E-state index >= 15 is 0 Å². The predicted octanol–water partition coefficient (Wildman–Crippen LogP) is 5.52. The summed E-state index contributed by atoms with van der Waals surface area (Å²) in [5.41, 5.74) is 0. The van der Waals surface area contributed by atoms with Crippen LogP contribution in [0.15, 0.2) is 115 Å². The van der Waals surface area contributed by atoms with Crippen molar-refractivity contribution in [2.45, 2.75) is 12.8 Å². The average molecular weight is 483 g/mol. The topological polar surface area (TPSA) is 29.1 Å². The molecule has 165 valence electrons. The summed E-state index contributed by atoms with van der Waals surface area (Å²) < 4.78 is 12.4. The van der Waals surface area contributed by atoms with Gasteiger partial charge in [0.25, 0.3) is 0 Å². The molecule has 0 amide bonds. The molecule has 0 atom stereocenters. The summed E-state index contributed by atoms with van der Waals surface area (Å²) in [6.45, 7) is 6.50. The van der Waals surface area contributed by atoms with E-state index in [-0.39, 0.29) is 17.1 Å². The Hall–Kier alpha value is -2.21. The molecule has 0 saturated carbocycles. The van der Waals surface area contributed by atoms with Gasteiger partial charge in [-0.1, -0.05) is 115 Å². The largest absolute Gasteiger partial charge is 0.0767 e. The van der Waals surface area contributed by atoms with Crippen molar-refractivity contribution >= 4 is 23.8 Å². The summed E-state index contributed by atoms with van der Waals surface area (Å²) in [4.78, 5) is 0. The van der Waals surface area contributed by atoms with Crippen molar-refractivity contribution in [3.63, 3.8) is 0 Å². The summed E-state index contributed by atoms with van der Waals surface area (Å²) in [5, 5.41) is 4.19. The normalized spacial score (nSPS) is 12.8. The van der Waals surface area contributed by atoms with E-state index in [1.54, 1.807) is 0 Å². The fraction of sp³-hybridized carbons (Fsp3) is 0.143. The number of rotatable bonds is 3. The van der Waals surface area contributed by atoms with Gasteiger partial charge in [0.15, 0.2) is 0 Å². The second-order valence-corrected chi connectivity index (χ2v) is 8.84. The third-order valence-electron chi connectivity index (χ3n) is 4.43. The first kappa shape index (κ1) is 27.8. The Morgan fingerprint density at radius 2 is 0.906 bits per heavy atom. The van der Waals surface area contributed by atoms with Crippen molar-refractivity contribution in [1.29, 1.82) is 0 Å². The van der Waals surface area contributed by atoms with Crippen LogP contribution in [0.5, 0.6) is 0 Å². The van der Waals surface area contributed by atoms with E-state index in [2.05, 4.69) is 97.6 Å². The molecule has 1 aliphatic heterocycles. The second-order valence-electron chi connectivity index (χ2n) is 6.62. The van der Waals surface area contributed by atoms with Crippen LogP contribution in [0.1, 0.15) is 12.8 Å². The SMILES string of the molecule is C1CCOC1.[C-]#[O+].[CH]1C=CC=C1.[Fe].c1ccc(P(c2ccccc2)c2ccccc2)cc1. The van der Waals surface area contributed by atoms with Crippen molar-refractivity contribution in [1.82, 2.24) is 0 Å². The minimum absolute atomic E-state index is 0. The zero-order chi connectivity index (χ0) is 22.0. The molecule has 1 radical (unpaired) electrons. The van der Waals surface area contributed by atoms with Gasteiger partial charge in [0.1, 0.15) is 0 Å². The molecule has 5 rings (SSSR count). The van der Waals surface area contributed by atoms with Crippen LogP contribution in [0, 0.1) is 13.1 Å². The minimum Gasteiger partial charge on any atom is -0.0767 e. The van der Waals surface area contributed by atoms with E-state index in [0.29, 0.717) is 0 Å². The molecule has 1 aliphatic carbocycles. The second kappa shape index (κ2) is 18.4. The monoisotopic (exact) mass is 483 g/mol. The molecule has 32 heavy (non-hydrogen) atoms. The molecule has 2 aliphatic rings. The van der Waals surface area contributed by atoms with E-state index in [9.17, 15) is 0 Å². The van der Waals surface area contributed by atoms with Crippen molar-refractivity contribution in [2.75, 3.05) is 13.2 Å². The Kier molecular flexibility index (Phi) is 16.0. The molecule has 3 aromatic rings. The molecular formula is C28H28FeO2P. The van der Waals surface area contributed by atoms with Crippen LogP contribution in [0.25, 0.3) is 0 Å². The van der Waals surface area contributed by atoms with Crippen molar-refractivity contribution in [3.8, 4) is 0 Å². The maximum Gasteiger partial charge on any atom is 0.00506 e. The molecule has 0 unspecified atom stereocenters. The van der Waals surface area contributed by atoms with Crippen LogP contribution in [0.2, 0.25) is 0 Å². The molecule has 0 bridgehead atoms. The number of allylic oxidation sites excluding steroid dienone is 4. The molecule has 1 saturated heterocycles. The van der Waals surface area contributed by atoms with E-state index in [4.69, 9.17) is 9.39 Å². The minimum atomic E-state index is -0.446. The first-order chi connectivity index (χ1) is 15.4. The molecule has 0 spiro atoms. The maximum atomic E-state index is 7.50. The van der Waals surface area contributed by atoms with Gasteiger partial charge in [0.05, 0.1) is 0 Å². The van der Waals surface area contributed by atoms with Gasteiger partial charge in [-0.2, -0.15) is 0 Å². The standard InChI is InChI=1S/C18H15P.C5H5.C4H8O.CO.Fe/c1-4-10-16(11-5-1)19(17-12-6-2-7-13-17)18-14-8-3-9-15-18;2*1-2-4-5-3-1;1-2;/h1-15H;1-5H;1-4H2;;. The molecule has 0 aromatic heterocycles. The van der Waals surface area contributed by atoms with Crippen LogP contribution in [-0.4, -0.2) is 13.2 Å². The summed E-state index contributed by atoms with van der Waals surface area (Å²) >= 11 is 0. The van der Waals surface area contributed by atoms with Gasteiger partial charge in [0, 0.05) is 36.7 Å². The van der Waals surface area contributed by atoms with E-state index < -0.39 is 7.92 Å². The van der Waals surface area contributed by atoms with Crippen LogP contribution in [0.4, 0.5) is 0 Å². The average Bonchev–Trinajstić information content (AvgIpc) is 3.62. The van der Waals surface area contributed by atoms with Gasteiger partial charge in [0.2, 0.25) is 0 Å². The zero-order valence-corrected chi connectivity index (χ0v) is 20.0. The maximum absolute atomic E-state index is 7.50. The van der Waals surface area contributed by atoms with Gasteiger partial charge < -0.3 is 4.74 Å². The molecule has 0 N–H and O–H groups in total. The number of benzene rings is 3. The molecule has 3 aromatic carbocycles. The van der Waals surface area contributed by atoms with Crippen molar-refractivity contribution in [2.24, 2.45) is 0 Å². The van der Waals surface area contributed by atoms with Crippen molar-refractivity contribution in [3.05, 3.63) is 128 Å². The number of ether oxygens (including phenoxy) is 1. The zero-order valence-electron chi connectivity index (χ0n) is 18.0. The molecule has 1 heterocycles. The first-order valence-corrected chi connectivity index (χ1v) is 11.7. The third-order valence-corrected chi connectivity index (χ3v) is 6.87. The third kappa shape index (κ3) is 10.4. The number of hydrogen-bond donors (Lipinski definition) is 0. The van der Waals surface area contributed by atoms with Crippen molar-refractivity contribution < 1.29 is 26.5 Å². The summed E-state index contributed by atoms with van der Waals surface area (Å²) in [6, 6.07) is 32.3. The van der Waals surface area contributed by atoms with E-state index in [0.717, 1.165) is 13.2 Å². The molecule has 1 fully saturated rings. The van der Waals surface area contributed by atoms with E-state index in [1.165, 1.54) is 28.8 Å². The fourth-order valence-electron chi connectivity index (χ4n) is 3.01. The first-order valence-electron chi connectivity index (χ1n) is 10.4. The molecule has 2 nitrogen and oxygen atoms in total. The summed E-state index contributed by atoms with van der Waals surface area (Å²) in [7, 11) is -0.446. The van der Waals surface area contributed by atoms with Gasteiger partial charge in [-0.05, 0) is 36.7 Å². The van der Waals surface area contributed by atoms with Gasteiger partial charge in [-0.15, -0.1) is 0 Å². The Bertz CT molecular complexity index is 794. The predicted molar refractivity (Wildman–Crippen MR) is 132 cm³/mol. The van der Waals surface area contributed by atoms with E-state index in [1.807, 2.05) is 30.7 Å². The molecular weight excluding hydrogens is 455 g/mol. The van der Waals surface area contributed by atoms with Crippen LogP contribution in [-0.2, 0) is 26.5 Å². The number of hydrogen-bond acceptors (Lipinski definition) is 1. The smallest absolute Gasteiger partial charge is 0.00506 e. The Morgan fingerprint density at radius 1 is 0.562 bits per heavy atom. The van der Waals surface area contributed by atoms with Crippen LogP contribution >= 0.6 is 7.92 Å². The Balaban J connectivity index is 0.000000323. The van der Waals surface area contributed by atoms with Gasteiger partial charge >= 0.3 is 11.3 Å². The van der Waals surface area contributed by atoms with Crippen LogP contribution < -0.4 is 15.9 Å². The van der Waals surface area contributed by atoms with Gasteiger partial charge in [-0.25, -0.2) is 0 Å². The Labute approximate surface area is 204 Å². The fourth-order valence-corrected chi connectivity index (χ4v) is 5.31.